The second-order valence-corrected chi connectivity index (χ2v) is 3.82. The number of halogens is 1. The Morgan fingerprint density at radius 3 is 2.81 bits per heavy atom. The number of pyridine rings is 1. The highest BCUT2D eigenvalue weighted by Crippen LogP contribution is 2.17. The second kappa shape index (κ2) is 4.86. The molecule has 1 heterocycles. The number of aromatic nitrogens is 1. The van der Waals surface area contributed by atoms with Gasteiger partial charge >= 0.3 is 0 Å². The van der Waals surface area contributed by atoms with E-state index in [0.717, 1.165) is 16.3 Å². The maximum absolute atomic E-state index is 6.04. The lowest BCUT2D eigenvalue weighted by atomic mass is 10.2. The molecule has 0 aliphatic rings. The lowest BCUT2D eigenvalue weighted by molar-refractivity contribution is 1.14. The highest BCUT2D eigenvalue weighted by molar-refractivity contribution is 6.31. The SMILES string of the molecule is Nc1cc(NCc2ccccc2Cl)ccn1. The predicted molar refractivity (Wildman–Crippen MR) is 67.4 cm³/mol. The van der Waals surface area contributed by atoms with E-state index in [-0.39, 0.29) is 0 Å². The molecule has 0 unspecified atom stereocenters. The number of nitrogens with one attached hydrogen (secondary N) is 1. The lowest BCUT2D eigenvalue weighted by Gasteiger charge is -2.07. The molecule has 2 rings (SSSR count). The lowest BCUT2D eigenvalue weighted by Crippen LogP contribution is -2.01. The van der Waals surface area contributed by atoms with Crippen LogP contribution in [0.25, 0.3) is 0 Å². The Bertz CT molecular complexity index is 485. The summed E-state index contributed by atoms with van der Waals surface area (Å²) in [5, 5.41) is 4.00. The molecule has 0 aliphatic heterocycles. The molecule has 82 valence electrons. The maximum atomic E-state index is 6.04. The first kappa shape index (κ1) is 10.8. The van der Waals surface area contributed by atoms with Crippen molar-refractivity contribution in [3.05, 3.63) is 53.2 Å². The van der Waals surface area contributed by atoms with Crippen LogP contribution < -0.4 is 11.1 Å². The molecule has 3 nitrogen and oxygen atoms in total. The molecule has 0 saturated carbocycles. The molecule has 0 spiro atoms. The molecule has 0 bridgehead atoms. The van der Waals surface area contributed by atoms with Crippen molar-refractivity contribution in [2.45, 2.75) is 6.54 Å². The summed E-state index contributed by atoms with van der Waals surface area (Å²) in [7, 11) is 0. The molecular weight excluding hydrogens is 222 g/mol. The largest absolute Gasteiger partial charge is 0.384 e. The van der Waals surface area contributed by atoms with Gasteiger partial charge in [0.25, 0.3) is 0 Å². The van der Waals surface area contributed by atoms with Crippen LogP contribution in [-0.4, -0.2) is 4.98 Å². The number of nitrogen functional groups attached to an aromatic ring is 1. The van der Waals surface area contributed by atoms with Crippen molar-refractivity contribution >= 4 is 23.1 Å². The molecule has 0 radical (unpaired) electrons. The summed E-state index contributed by atoms with van der Waals surface area (Å²) in [4.78, 5) is 3.92. The van der Waals surface area contributed by atoms with E-state index >= 15 is 0 Å². The number of nitrogens with two attached hydrogens (primary N) is 1. The van der Waals surface area contributed by atoms with Gasteiger partial charge in [-0.15, -0.1) is 0 Å². The van der Waals surface area contributed by atoms with Crippen LogP contribution in [0.4, 0.5) is 11.5 Å². The fourth-order valence-corrected chi connectivity index (χ4v) is 1.60. The van der Waals surface area contributed by atoms with Gasteiger partial charge in [0.1, 0.15) is 5.82 Å². The average molecular weight is 234 g/mol. The van der Waals surface area contributed by atoms with Gasteiger partial charge in [0.15, 0.2) is 0 Å². The quantitative estimate of drug-likeness (QED) is 0.857. The number of nitrogens with zero attached hydrogens (tertiary/aromatic N) is 1. The Balaban J connectivity index is 2.05. The van der Waals surface area contributed by atoms with Gasteiger partial charge in [0.05, 0.1) is 0 Å². The molecule has 1 aromatic carbocycles. The van der Waals surface area contributed by atoms with Gasteiger partial charge in [-0.3, -0.25) is 0 Å². The number of hydrogen-bond donors (Lipinski definition) is 2. The molecule has 2 aromatic rings. The van der Waals surface area contributed by atoms with Crippen molar-refractivity contribution in [2.24, 2.45) is 0 Å². The van der Waals surface area contributed by atoms with Crippen molar-refractivity contribution in [1.29, 1.82) is 0 Å². The first-order valence-electron chi connectivity index (χ1n) is 4.94. The highest BCUT2D eigenvalue weighted by atomic mass is 35.5. The Hall–Kier alpha value is -1.74. The highest BCUT2D eigenvalue weighted by Gasteiger charge is 1.98. The van der Waals surface area contributed by atoms with Crippen LogP contribution in [0, 0.1) is 0 Å². The van der Waals surface area contributed by atoms with Gasteiger partial charge in [-0.1, -0.05) is 29.8 Å². The Labute approximate surface area is 99.3 Å². The minimum Gasteiger partial charge on any atom is -0.384 e. The smallest absolute Gasteiger partial charge is 0.125 e. The number of anilines is 2. The maximum Gasteiger partial charge on any atom is 0.125 e. The topological polar surface area (TPSA) is 50.9 Å². The van der Waals surface area contributed by atoms with E-state index in [1.54, 1.807) is 12.3 Å². The first-order chi connectivity index (χ1) is 7.75. The Morgan fingerprint density at radius 2 is 2.06 bits per heavy atom. The van der Waals surface area contributed by atoms with Crippen LogP contribution in [0.15, 0.2) is 42.6 Å². The van der Waals surface area contributed by atoms with Crippen LogP contribution >= 0.6 is 11.6 Å². The van der Waals surface area contributed by atoms with Gasteiger partial charge in [0, 0.05) is 29.5 Å². The molecule has 4 heteroatoms. The standard InChI is InChI=1S/C12H12ClN3/c13-11-4-2-1-3-9(11)8-16-10-5-6-15-12(14)7-10/h1-7H,8H2,(H3,14,15,16). The molecule has 1 aromatic heterocycles. The molecule has 0 aliphatic carbocycles. The summed E-state index contributed by atoms with van der Waals surface area (Å²) < 4.78 is 0. The van der Waals surface area contributed by atoms with Crippen LogP contribution in [-0.2, 0) is 6.54 Å². The van der Waals surface area contributed by atoms with E-state index in [4.69, 9.17) is 17.3 Å². The average Bonchev–Trinajstić information content (AvgIpc) is 2.28. The minimum atomic E-state index is 0.504. The van der Waals surface area contributed by atoms with E-state index in [1.807, 2.05) is 30.3 Å². The van der Waals surface area contributed by atoms with Crippen LogP contribution in [0.2, 0.25) is 5.02 Å². The van der Waals surface area contributed by atoms with Gasteiger partial charge < -0.3 is 11.1 Å². The molecular formula is C12H12ClN3. The van der Waals surface area contributed by atoms with Crippen molar-refractivity contribution in [2.75, 3.05) is 11.1 Å². The molecule has 16 heavy (non-hydrogen) atoms. The zero-order chi connectivity index (χ0) is 11.4. The number of rotatable bonds is 3. The third-order valence-electron chi connectivity index (χ3n) is 2.22. The summed E-state index contributed by atoms with van der Waals surface area (Å²) >= 11 is 6.04. The number of benzene rings is 1. The summed E-state index contributed by atoms with van der Waals surface area (Å²) in [6.45, 7) is 0.670. The van der Waals surface area contributed by atoms with E-state index in [0.29, 0.717) is 12.4 Å². The fraction of sp³-hybridized carbons (Fsp3) is 0.0833. The van der Waals surface area contributed by atoms with Crippen molar-refractivity contribution < 1.29 is 0 Å². The molecule has 0 saturated heterocycles. The summed E-state index contributed by atoms with van der Waals surface area (Å²) in [5.41, 5.74) is 7.57. The Morgan fingerprint density at radius 1 is 1.25 bits per heavy atom. The van der Waals surface area contributed by atoms with E-state index in [1.165, 1.54) is 0 Å². The third kappa shape index (κ3) is 2.64. The molecule has 3 N–H and O–H groups in total. The Kier molecular flexibility index (Phi) is 3.27. The predicted octanol–water partition coefficient (Wildman–Crippen LogP) is 2.93. The van der Waals surface area contributed by atoms with E-state index in [2.05, 4.69) is 10.3 Å². The molecule has 0 amide bonds. The van der Waals surface area contributed by atoms with Crippen LogP contribution in [0.3, 0.4) is 0 Å². The summed E-state index contributed by atoms with van der Waals surface area (Å²) in [5.74, 6) is 0.504. The van der Waals surface area contributed by atoms with Crippen molar-refractivity contribution in [3.8, 4) is 0 Å². The first-order valence-corrected chi connectivity index (χ1v) is 5.32. The van der Waals surface area contributed by atoms with E-state index < -0.39 is 0 Å². The summed E-state index contributed by atoms with van der Waals surface area (Å²) in [6, 6.07) is 11.4. The zero-order valence-electron chi connectivity index (χ0n) is 8.65. The monoisotopic (exact) mass is 233 g/mol. The van der Waals surface area contributed by atoms with Crippen LogP contribution in [0.5, 0.6) is 0 Å². The summed E-state index contributed by atoms with van der Waals surface area (Å²) in [6.07, 6.45) is 1.67. The van der Waals surface area contributed by atoms with Crippen molar-refractivity contribution in [1.82, 2.24) is 4.98 Å². The molecule has 0 atom stereocenters. The number of hydrogen-bond acceptors (Lipinski definition) is 3. The normalized spacial score (nSPS) is 10.1. The van der Waals surface area contributed by atoms with Crippen LogP contribution in [0.1, 0.15) is 5.56 Å². The second-order valence-electron chi connectivity index (χ2n) is 3.41. The third-order valence-corrected chi connectivity index (χ3v) is 2.59. The zero-order valence-corrected chi connectivity index (χ0v) is 9.41. The van der Waals surface area contributed by atoms with Gasteiger partial charge in [-0.25, -0.2) is 4.98 Å². The van der Waals surface area contributed by atoms with Gasteiger partial charge in [-0.05, 0) is 17.7 Å². The molecule has 0 fully saturated rings. The fourth-order valence-electron chi connectivity index (χ4n) is 1.40. The van der Waals surface area contributed by atoms with E-state index in [9.17, 15) is 0 Å². The van der Waals surface area contributed by atoms with Gasteiger partial charge in [-0.2, -0.15) is 0 Å². The van der Waals surface area contributed by atoms with Crippen molar-refractivity contribution in [3.63, 3.8) is 0 Å². The van der Waals surface area contributed by atoms with Gasteiger partial charge in [0.2, 0.25) is 0 Å². The minimum absolute atomic E-state index is 0.504.